The van der Waals surface area contributed by atoms with E-state index in [1.165, 1.54) is 35.3 Å². The number of hydrogen-bond donors (Lipinski definition) is 1. The molecule has 2 rings (SSSR count). The van der Waals surface area contributed by atoms with Crippen molar-refractivity contribution >= 4 is 40.0 Å². The average Bonchev–Trinajstić information content (AvgIpc) is 3.07. The van der Waals surface area contributed by atoms with E-state index in [4.69, 9.17) is 0 Å². The summed E-state index contributed by atoms with van der Waals surface area (Å²) in [6.45, 7) is 3.58. The molecule has 10 heteroatoms. The van der Waals surface area contributed by atoms with E-state index in [-0.39, 0.29) is 22.9 Å². The molecule has 6 nitrogen and oxygen atoms in total. The van der Waals surface area contributed by atoms with Gasteiger partial charge in [0.1, 0.15) is 11.6 Å². The van der Waals surface area contributed by atoms with E-state index in [1.54, 1.807) is 18.4 Å². The maximum atomic E-state index is 12.8. The quantitative estimate of drug-likeness (QED) is 0.597. The number of rotatable bonds is 5. The second kappa shape index (κ2) is 8.67. The van der Waals surface area contributed by atoms with Gasteiger partial charge < -0.3 is 5.32 Å². The number of nitrogens with one attached hydrogen (secondary N) is 1. The lowest BCUT2D eigenvalue weighted by atomic mass is 10.1. The molecule has 28 heavy (non-hydrogen) atoms. The second-order valence-electron chi connectivity index (χ2n) is 5.52. The van der Waals surface area contributed by atoms with E-state index in [1.807, 2.05) is 0 Å². The molecule has 0 aliphatic carbocycles. The third-order valence-corrected chi connectivity index (χ3v) is 4.42. The molecule has 0 radical (unpaired) electrons. The molecular formula is C18H15F3N4O2S. The van der Waals surface area contributed by atoms with Gasteiger partial charge in [0.15, 0.2) is 5.13 Å². The van der Waals surface area contributed by atoms with Crippen LogP contribution in [-0.2, 0) is 15.8 Å². The summed E-state index contributed by atoms with van der Waals surface area (Å²) < 4.78 is 38.3. The molecule has 0 fully saturated rings. The number of benzene rings is 1. The van der Waals surface area contributed by atoms with Crippen molar-refractivity contribution in [2.45, 2.75) is 20.0 Å². The first kappa shape index (κ1) is 21.1. The normalized spacial score (nSPS) is 11.6. The standard InChI is InChI=1S/C18H15F3N4O2S/c1-3-25(11(2)26)17-24-15(10-28-17)7-12(9-22)16(27)23-14-6-4-5-13(8-14)18(19,20)21/h4-8,10H,3H2,1-2H3,(H,23,27)/b12-7+. The summed E-state index contributed by atoms with van der Waals surface area (Å²) in [5, 5.41) is 13.5. The number of anilines is 2. The molecule has 0 spiro atoms. The molecule has 0 aliphatic rings. The molecule has 1 heterocycles. The van der Waals surface area contributed by atoms with Crippen LogP contribution < -0.4 is 10.2 Å². The maximum absolute atomic E-state index is 12.8. The minimum absolute atomic E-state index is 0.0892. The molecular weight excluding hydrogens is 393 g/mol. The number of nitrogens with zero attached hydrogens (tertiary/aromatic N) is 3. The van der Waals surface area contributed by atoms with Crippen LogP contribution >= 0.6 is 11.3 Å². The van der Waals surface area contributed by atoms with Crippen LogP contribution in [0.5, 0.6) is 0 Å². The van der Waals surface area contributed by atoms with Crippen molar-refractivity contribution in [3.05, 3.63) is 46.5 Å². The fraction of sp³-hybridized carbons (Fsp3) is 0.222. The molecule has 0 aliphatic heterocycles. The largest absolute Gasteiger partial charge is 0.416 e. The van der Waals surface area contributed by atoms with Gasteiger partial charge in [0.05, 0.1) is 11.3 Å². The molecule has 1 aromatic carbocycles. The number of aromatic nitrogens is 1. The van der Waals surface area contributed by atoms with Gasteiger partial charge in [-0.15, -0.1) is 11.3 Å². The Labute approximate surface area is 162 Å². The summed E-state index contributed by atoms with van der Waals surface area (Å²) in [7, 11) is 0. The fourth-order valence-electron chi connectivity index (χ4n) is 2.23. The number of thiazole rings is 1. The molecule has 0 unspecified atom stereocenters. The van der Waals surface area contributed by atoms with E-state index < -0.39 is 17.6 Å². The number of carbonyl (C=O) groups is 2. The summed E-state index contributed by atoms with van der Waals surface area (Å²) >= 11 is 1.17. The number of carbonyl (C=O) groups excluding carboxylic acids is 2. The highest BCUT2D eigenvalue weighted by Gasteiger charge is 2.30. The van der Waals surface area contributed by atoms with Crippen LogP contribution in [0.2, 0.25) is 0 Å². The summed E-state index contributed by atoms with van der Waals surface area (Å²) in [5.74, 6) is -1.06. The van der Waals surface area contributed by atoms with Gasteiger partial charge in [0.2, 0.25) is 5.91 Å². The zero-order chi connectivity index (χ0) is 20.9. The minimum Gasteiger partial charge on any atom is -0.321 e. The van der Waals surface area contributed by atoms with E-state index in [0.29, 0.717) is 11.7 Å². The molecule has 0 atom stereocenters. The minimum atomic E-state index is -4.55. The van der Waals surface area contributed by atoms with Crippen LogP contribution in [0.25, 0.3) is 6.08 Å². The Morgan fingerprint density at radius 1 is 1.39 bits per heavy atom. The van der Waals surface area contributed by atoms with Crippen LogP contribution in [0, 0.1) is 11.3 Å². The lowest BCUT2D eigenvalue weighted by Gasteiger charge is -2.14. The van der Waals surface area contributed by atoms with Gasteiger partial charge in [-0.05, 0) is 31.2 Å². The predicted octanol–water partition coefficient (Wildman–Crippen LogP) is 4.08. The summed E-state index contributed by atoms with van der Waals surface area (Å²) in [5.41, 5.74) is -1.05. The Morgan fingerprint density at radius 3 is 2.68 bits per heavy atom. The molecule has 0 saturated carbocycles. The van der Waals surface area contributed by atoms with Crippen LogP contribution in [-0.4, -0.2) is 23.3 Å². The van der Waals surface area contributed by atoms with Crippen molar-refractivity contribution < 1.29 is 22.8 Å². The number of amides is 2. The second-order valence-corrected chi connectivity index (χ2v) is 6.36. The van der Waals surface area contributed by atoms with E-state index in [9.17, 15) is 28.0 Å². The van der Waals surface area contributed by atoms with Crippen LogP contribution in [0.1, 0.15) is 25.1 Å². The van der Waals surface area contributed by atoms with Crippen molar-refractivity contribution in [1.82, 2.24) is 4.98 Å². The van der Waals surface area contributed by atoms with Crippen molar-refractivity contribution in [1.29, 1.82) is 5.26 Å². The predicted molar refractivity (Wildman–Crippen MR) is 99.5 cm³/mol. The van der Waals surface area contributed by atoms with Gasteiger partial charge in [0, 0.05) is 24.5 Å². The van der Waals surface area contributed by atoms with Crippen molar-refractivity contribution in [2.75, 3.05) is 16.8 Å². The van der Waals surface area contributed by atoms with Crippen LogP contribution in [0.3, 0.4) is 0 Å². The lowest BCUT2D eigenvalue weighted by molar-refractivity contribution is -0.137. The summed E-state index contributed by atoms with van der Waals surface area (Å²) in [4.78, 5) is 29.4. The average molecular weight is 408 g/mol. The molecule has 146 valence electrons. The van der Waals surface area contributed by atoms with Crippen molar-refractivity contribution in [3.8, 4) is 6.07 Å². The van der Waals surface area contributed by atoms with Gasteiger partial charge >= 0.3 is 6.18 Å². The molecule has 2 aromatic rings. The fourth-order valence-corrected chi connectivity index (χ4v) is 3.12. The monoisotopic (exact) mass is 408 g/mol. The SMILES string of the molecule is CCN(C(C)=O)c1nc(/C=C(\C#N)C(=O)Nc2cccc(C(F)(F)F)c2)cs1. The molecule has 0 bridgehead atoms. The lowest BCUT2D eigenvalue weighted by Crippen LogP contribution is -2.27. The van der Waals surface area contributed by atoms with E-state index in [0.717, 1.165) is 18.2 Å². The maximum Gasteiger partial charge on any atom is 0.416 e. The molecule has 1 N–H and O–H groups in total. The van der Waals surface area contributed by atoms with Crippen molar-refractivity contribution in [3.63, 3.8) is 0 Å². The van der Waals surface area contributed by atoms with Gasteiger partial charge in [-0.3, -0.25) is 14.5 Å². The summed E-state index contributed by atoms with van der Waals surface area (Å²) in [6.07, 6.45) is -3.34. The number of nitriles is 1. The Hall–Kier alpha value is -3.19. The van der Waals surface area contributed by atoms with Crippen molar-refractivity contribution in [2.24, 2.45) is 0 Å². The smallest absolute Gasteiger partial charge is 0.321 e. The van der Waals surface area contributed by atoms with E-state index in [2.05, 4.69) is 10.3 Å². The third kappa shape index (κ3) is 5.17. The number of hydrogen-bond acceptors (Lipinski definition) is 5. The van der Waals surface area contributed by atoms with E-state index >= 15 is 0 Å². The van der Waals surface area contributed by atoms with Gasteiger partial charge in [-0.25, -0.2) is 4.98 Å². The Bertz CT molecular complexity index is 960. The van der Waals surface area contributed by atoms with Gasteiger partial charge in [-0.2, -0.15) is 18.4 Å². The molecule has 1 aromatic heterocycles. The topological polar surface area (TPSA) is 86.1 Å². The molecule has 0 saturated heterocycles. The Balaban J connectivity index is 2.22. The summed E-state index contributed by atoms with van der Waals surface area (Å²) in [6, 6.07) is 5.80. The number of alkyl halides is 3. The Morgan fingerprint density at radius 2 is 2.11 bits per heavy atom. The first-order chi connectivity index (χ1) is 13.2. The van der Waals surface area contributed by atoms with Crippen LogP contribution in [0.15, 0.2) is 35.2 Å². The first-order valence-corrected chi connectivity index (χ1v) is 8.87. The highest BCUT2D eigenvalue weighted by molar-refractivity contribution is 7.14. The Kier molecular flexibility index (Phi) is 6.53. The zero-order valence-corrected chi connectivity index (χ0v) is 15.7. The third-order valence-electron chi connectivity index (χ3n) is 3.54. The highest BCUT2D eigenvalue weighted by atomic mass is 32.1. The number of halogens is 3. The highest BCUT2D eigenvalue weighted by Crippen LogP contribution is 2.30. The van der Waals surface area contributed by atoms with Crippen LogP contribution in [0.4, 0.5) is 24.0 Å². The van der Waals surface area contributed by atoms with Gasteiger partial charge in [0.25, 0.3) is 5.91 Å². The molecule has 2 amide bonds. The zero-order valence-electron chi connectivity index (χ0n) is 14.9. The van der Waals surface area contributed by atoms with Gasteiger partial charge in [-0.1, -0.05) is 6.07 Å². The first-order valence-electron chi connectivity index (χ1n) is 7.99.